The smallest absolute Gasteiger partial charge is 0.193 e. The second-order valence-electron chi connectivity index (χ2n) is 3.21. The molecule has 16 heavy (non-hydrogen) atoms. The van der Waals surface area contributed by atoms with Gasteiger partial charge in [-0.25, -0.2) is 4.39 Å². The van der Waals surface area contributed by atoms with Gasteiger partial charge in [0.2, 0.25) is 0 Å². The van der Waals surface area contributed by atoms with Crippen molar-refractivity contribution in [1.29, 1.82) is 0 Å². The molecule has 2 rings (SSSR count). The van der Waals surface area contributed by atoms with Crippen LogP contribution in [-0.2, 0) is 0 Å². The molecule has 0 saturated carbocycles. The predicted octanol–water partition coefficient (Wildman–Crippen LogP) is 3.92. The number of halogens is 3. The first-order valence-corrected chi connectivity index (χ1v) is 5.63. The Morgan fingerprint density at radius 1 is 1.31 bits per heavy atom. The minimum atomic E-state index is -1.16. The van der Waals surface area contributed by atoms with E-state index < -0.39 is 11.9 Å². The van der Waals surface area contributed by atoms with Crippen molar-refractivity contribution in [3.05, 3.63) is 57.2 Å². The maximum atomic E-state index is 13.5. The highest BCUT2D eigenvalue weighted by Gasteiger charge is 2.18. The summed E-state index contributed by atoms with van der Waals surface area (Å²) in [4.78, 5) is 0. The van der Waals surface area contributed by atoms with E-state index in [1.165, 1.54) is 24.3 Å². The second-order valence-corrected chi connectivity index (χ2v) is 4.50. The van der Waals surface area contributed by atoms with E-state index in [2.05, 4.69) is 15.9 Å². The fourth-order valence-electron chi connectivity index (χ4n) is 1.35. The lowest BCUT2D eigenvalue weighted by Gasteiger charge is -2.09. The predicted molar refractivity (Wildman–Crippen MR) is 61.9 cm³/mol. The van der Waals surface area contributed by atoms with Crippen LogP contribution in [0.1, 0.15) is 17.4 Å². The SMILES string of the molecule is OC(c1ccc(Cl)o1)c1cc(Br)ccc1F. The molecule has 1 N–H and O–H groups in total. The van der Waals surface area contributed by atoms with E-state index in [0.29, 0.717) is 4.47 Å². The molecule has 84 valence electrons. The molecule has 0 aliphatic carbocycles. The van der Waals surface area contributed by atoms with Gasteiger partial charge in [0.05, 0.1) is 0 Å². The van der Waals surface area contributed by atoms with E-state index in [0.717, 1.165) is 0 Å². The molecule has 1 atom stereocenters. The Kier molecular flexibility index (Phi) is 3.33. The van der Waals surface area contributed by atoms with Crippen molar-refractivity contribution in [3.8, 4) is 0 Å². The summed E-state index contributed by atoms with van der Waals surface area (Å²) in [7, 11) is 0. The van der Waals surface area contributed by atoms with Crippen LogP contribution in [0.5, 0.6) is 0 Å². The maximum absolute atomic E-state index is 13.5. The fraction of sp³-hybridized carbons (Fsp3) is 0.0909. The molecule has 1 aromatic carbocycles. The molecule has 0 aliphatic heterocycles. The van der Waals surface area contributed by atoms with Gasteiger partial charge in [0.1, 0.15) is 17.7 Å². The quantitative estimate of drug-likeness (QED) is 0.912. The van der Waals surface area contributed by atoms with Crippen molar-refractivity contribution in [2.75, 3.05) is 0 Å². The molecular weight excluding hydrogens is 298 g/mol. The number of aliphatic hydroxyl groups excluding tert-OH is 1. The zero-order valence-corrected chi connectivity index (χ0v) is 10.3. The number of hydrogen-bond acceptors (Lipinski definition) is 2. The summed E-state index contributed by atoms with van der Waals surface area (Å²) >= 11 is 8.79. The van der Waals surface area contributed by atoms with Gasteiger partial charge in [-0.2, -0.15) is 0 Å². The van der Waals surface area contributed by atoms with Crippen LogP contribution in [0.15, 0.2) is 39.2 Å². The van der Waals surface area contributed by atoms with Gasteiger partial charge in [-0.15, -0.1) is 0 Å². The first-order chi connectivity index (χ1) is 7.58. The highest BCUT2D eigenvalue weighted by atomic mass is 79.9. The number of hydrogen-bond donors (Lipinski definition) is 1. The molecule has 1 aromatic heterocycles. The third kappa shape index (κ3) is 2.29. The maximum Gasteiger partial charge on any atom is 0.193 e. The molecule has 0 aliphatic rings. The average molecular weight is 306 g/mol. The first-order valence-electron chi connectivity index (χ1n) is 4.46. The van der Waals surface area contributed by atoms with Crippen LogP contribution in [0.25, 0.3) is 0 Å². The fourth-order valence-corrected chi connectivity index (χ4v) is 1.88. The topological polar surface area (TPSA) is 33.4 Å². The zero-order valence-electron chi connectivity index (χ0n) is 7.95. The largest absolute Gasteiger partial charge is 0.447 e. The van der Waals surface area contributed by atoms with Crippen molar-refractivity contribution < 1.29 is 13.9 Å². The molecule has 1 unspecified atom stereocenters. The molecule has 2 aromatic rings. The van der Waals surface area contributed by atoms with Crippen molar-refractivity contribution in [1.82, 2.24) is 0 Å². The molecule has 1 heterocycles. The van der Waals surface area contributed by atoms with Gasteiger partial charge in [0.15, 0.2) is 5.22 Å². The van der Waals surface area contributed by atoms with Crippen molar-refractivity contribution in [2.45, 2.75) is 6.10 Å². The zero-order chi connectivity index (χ0) is 11.7. The molecular formula is C11H7BrClFO2. The molecule has 2 nitrogen and oxygen atoms in total. The lowest BCUT2D eigenvalue weighted by Crippen LogP contribution is -2.01. The Balaban J connectivity index is 2.40. The Morgan fingerprint density at radius 3 is 2.69 bits per heavy atom. The highest BCUT2D eigenvalue weighted by Crippen LogP contribution is 2.29. The van der Waals surface area contributed by atoms with E-state index in [1.54, 1.807) is 6.07 Å². The summed E-state index contributed by atoms with van der Waals surface area (Å²) in [5, 5.41) is 10.1. The average Bonchev–Trinajstić information content (AvgIpc) is 2.67. The van der Waals surface area contributed by atoms with E-state index in [4.69, 9.17) is 16.0 Å². The highest BCUT2D eigenvalue weighted by molar-refractivity contribution is 9.10. The third-order valence-electron chi connectivity index (χ3n) is 2.12. The van der Waals surface area contributed by atoms with Gasteiger partial charge in [-0.05, 0) is 41.9 Å². The molecule has 0 fully saturated rings. The van der Waals surface area contributed by atoms with E-state index in [9.17, 15) is 9.50 Å². The third-order valence-corrected chi connectivity index (χ3v) is 2.81. The Morgan fingerprint density at radius 2 is 2.06 bits per heavy atom. The normalized spacial score (nSPS) is 12.8. The summed E-state index contributed by atoms with van der Waals surface area (Å²) in [6.07, 6.45) is -1.16. The van der Waals surface area contributed by atoms with Crippen LogP contribution in [0.4, 0.5) is 4.39 Å². The van der Waals surface area contributed by atoms with Crippen molar-refractivity contribution >= 4 is 27.5 Å². The van der Waals surface area contributed by atoms with E-state index >= 15 is 0 Å². The Hall–Kier alpha value is -0.840. The summed E-state index contributed by atoms with van der Waals surface area (Å²) in [6.45, 7) is 0. The van der Waals surface area contributed by atoms with Gasteiger partial charge in [-0.1, -0.05) is 15.9 Å². The van der Waals surface area contributed by atoms with Gasteiger partial charge in [-0.3, -0.25) is 0 Å². The molecule has 0 amide bonds. The summed E-state index contributed by atoms with van der Waals surface area (Å²) < 4.78 is 19.2. The summed E-state index contributed by atoms with van der Waals surface area (Å²) in [5.74, 6) is -0.287. The molecule has 5 heteroatoms. The number of rotatable bonds is 2. The van der Waals surface area contributed by atoms with Crippen LogP contribution in [-0.4, -0.2) is 5.11 Å². The summed E-state index contributed by atoms with van der Waals surface area (Å²) in [5.41, 5.74) is 0.139. The van der Waals surface area contributed by atoms with Crippen molar-refractivity contribution in [3.63, 3.8) is 0 Å². The molecule has 0 bridgehead atoms. The Labute approximate surface area is 105 Å². The lowest BCUT2D eigenvalue weighted by atomic mass is 10.1. The minimum absolute atomic E-state index is 0.139. The van der Waals surface area contributed by atoms with E-state index in [-0.39, 0.29) is 16.5 Å². The van der Waals surface area contributed by atoms with Gasteiger partial charge in [0.25, 0.3) is 0 Å². The van der Waals surface area contributed by atoms with Crippen LogP contribution in [0, 0.1) is 5.82 Å². The molecule has 0 saturated heterocycles. The van der Waals surface area contributed by atoms with Gasteiger partial charge < -0.3 is 9.52 Å². The van der Waals surface area contributed by atoms with Crippen molar-refractivity contribution in [2.24, 2.45) is 0 Å². The minimum Gasteiger partial charge on any atom is -0.447 e. The summed E-state index contributed by atoms with van der Waals surface area (Å²) in [6, 6.07) is 7.33. The number of benzene rings is 1. The monoisotopic (exact) mass is 304 g/mol. The molecule has 0 radical (unpaired) electrons. The van der Waals surface area contributed by atoms with Crippen LogP contribution < -0.4 is 0 Å². The first kappa shape index (κ1) is 11.6. The number of furan rings is 1. The van der Waals surface area contributed by atoms with Crippen LogP contribution in [0.2, 0.25) is 5.22 Å². The standard InChI is InChI=1S/C11H7BrClFO2/c12-6-1-2-8(14)7(5-6)11(15)9-3-4-10(13)16-9/h1-5,11,15H. The van der Waals surface area contributed by atoms with Gasteiger partial charge in [0, 0.05) is 10.0 Å². The van der Waals surface area contributed by atoms with Crippen LogP contribution in [0.3, 0.4) is 0 Å². The van der Waals surface area contributed by atoms with Crippen LogP contribution >= 0.6 is 27.5 Å². The lowest BCUT2D eigenvalue weighted by molar-refractivity contribution is 0.185. The Bertz CT molecular complexity index is 512. The number of aliphatic hydroxyl groups is 1. The van der Waals surface area contributed by atoms with E-state index in [1.807, 2.05) is 0 Å². The second kappa shape index (κ2) is 4.57. The van der Waals surface area contributed by atoms with Gasteiger partial charge >= 0.3 is 0 Å². The molecule has 0 spiro atoms.